The van der Waals surface area contributed by atoms with Crippen molar-refractivity contribution in [1.29, 1.82) is 0 Å². The first-order valence-corrected chi connectivity index (χ1v) is 13.0. The summed E-state index contributed by atoms with van der Waals surface area (Å²) in [5.41, 5.74) is 3.97. The quantitative estimate of drug-likeness (QED) is 0.358. The lowest BCUT2D eigenvalue weighted by Gasteiger charge is -2.34. The van der Waals surface area contributed by atoms with E-state index in [1.807, 2.05) is 41.8 Å². The molecule has 1 N–H and O–H groups in total. The number of carbonyl (C=O) groups excluding carboxylic acids is 1. The Balaban J connectivity index is 1.30. The largest absolute Gasteiger partial charge is 0.416 e. The van der Waals surface area contributed by atoms with E-state index in [4.69, 9.17) is 0 Å². The molecule has 204 valence electrons. The Bertz CT molecular complexity index is 1470. The van der Waals surface area contributed by atoms with E-state index in [1.165, 1.54) is 6.07 Å². The van der Waals surface area contributed by atoms with Gasteiger partial charge in [0, 0.05) is 50.3 Å². The molecular weight excluding hydrogens is 505 g/mol. The number of piperazine rings is 1. The number of aryl methyl sites for hydroxylation is 1. The van der Waals surface area contributed by atoms with Crippen LogP contribution < -0.4 is 5.32 Å². The fraction of sp³-hybridized carbons (Fsp3) is 0.345. The van der Waals surface area contributed by atoms with Gasteiger partial charge in [0.25, 0.3) is 0 Å². The molecular formula is C29H31F3N6O. The summed E-state index contributed by atoms with van der Waals surface area (Å²) in [6.45, 7) is 8.76. The summed E-state index contributed by atoms with van der Waals surface area (Å²) >= 11 is 0. The highest BCUT2D eigenvalue weighted by atomic mass is 19.4. The molecule has 0 spiro atoms. The van der Waals surface area contributed by atoms with Crippen LogP contribution in [0.2, 0.25) is 0 Å². The molecule has 1 aliphatic heterocycles. The average molecular weight is 537 g/mol. The lowest BCUT2D eigenvalue weighted by Crippen LogP contribution is -2.45. The third-order valence-electron chi connectivity index (χ3n) is 7.18. The molecule has 5 rings (SSSR count). The van der Waals surface area contributed by atoms with Crippen LogP contribution in [0.3, 0.4) is 0 Å². The molecule has 3 heterocycles. The smallest absolute Gasteiger partial charge is 0.326 e. The number of rotatable bonds is 7. The van der Waals surface area contributed by atoms with Gasteiger partial charge in [-0.05, 0) is 72.6 Å². The van der Waals surface area contributed by atoms with E-state index in [9.17, 15) is 18.0 Å². The highest BCUT2D eigenvalue weighted by molar-refractivity contribution is 5.92. The molecule has 2 aromatic heterocycles. The van der Waals surface area contributed by atoms with Crippen LogP contribution in [-0.2, 0) is 23.9 Å². The fourth-order valence-corrected chi connectivity index (χ4v) is 4.99. The number of halogens is 3. The first kappa shape index (κ1) is 26.8. The van der Waals surface area contributed by atoms with Crippen LogP contribution in [0.15, 0.2) is 61.1 Å². The molecule has 4 aromatic rings. The second-order valence-electron chi connectivity index (χ2n) is 9.92. The number of pyridine rings is 1. The van der Waals surface area contributed by atoms with Crippen LogP contribution in [0.25, 0.3) is 16.9 Å². The molecule has 1 aliphatic rings. The van der Waals surface area contributed by atoms with Gasteiger partial charge >= 0.3 is 6.18 Å². The van der Waals surface area contributed by atoms with E-state index in [0.717, 1.165) is 66.8 Å². The minimum absolute atomic E-state index is 0.0413. The van der Waals surface area contributed by atoms with Crippen molar-refractivity contribution in [2.45, 2.75) is 33.0 Å². The lowest BCUT2D eigenvalue weighted by atomic mass is 10.0. The molecule has 1 fully saturated rings. The van der Waals surface area contributed by atoms with Gasteiger partial charge in [0.1, 0.15) is 11.8 Å². The van der Waals surface area contributed by atoms with Crippen molar-refractivity contribution in [1.82, 2.24) is 24.3 Å². The number of carbonyl (C=O) groups is 1. The highest BCUT2D eigenvalue weighted by Crippen LogP contribution is 2.32. The van der Waals surface area contributed by atoms with Gasteiger partial charge in [-0.15, -0.1) is 0 Å². The average Bonchev–Trinajstić information content (AvgIpc) is 3.34. The van der Waals surface area contributed by atoms with Gasteiger partial charge < -0.3 is 10.2 Å². The number of benzene rings is 2. The number of alkyl halides is 3. The third kappa shape index (κ3) is 6.29. The molecule has 1 saturated heterocycles. The zero-order valence-corrected chi connectivity index (χ0v) is 22.0. The maximum atomic E-state index is 13.7. The summed E-state index contributed by atoms with van der Waals surface area (Å²) in [6.07, 6.45) is -1.06. The monoisotopic (exact) mass is 536 g/mol. The second-order valence-corrected chi connectivity index (χ2v) is 9.92. The second kappa shape index (κ2) is 11.2. The van der Waals surface area contributed by atoms with E-state index >= 15 is 0 Å². The SMILES string of the molecule is CCN1CCN(Cc2cc(NC(=O)Cc3ccc(-n4cnc5cccnc54)cc3C)cc(C(F)(F)F)c2)CC1. The van der Waals surface area contributed by atoms with Gasteiger partial charge in [0.15, 0.2) is 5.65 Å². The van der Waals surface area contributed by atoms with Crippen LogP contribution in [0.5, 0.6) is 0 Å². The Kier molecular flexibility index (Phi) is 7.67. The van der Waals surface area contributed by atoms with Gasteiger partial charge in [-0.1, -0.05) is 13.0 Å². The maximum Gasteiger partial charge on any atom is 0.416 e. The molecule has 1 amide bonds. The first-order chi connectivity index (χ1) is 18.7. The minimum atomic E-state index is -4.50. The molecule has 7 nitrogen and oxygen atoms in total. The molecule has 0 aliphatic carbocycles. The van der Waals surface area contributed by atoms with E-state index in [0.29, 0.717) is 12.1 Å². The number of aromatic nitrogens is 3. The maximum absolute atomic E-state index is 13.7. The van der Waals surface area contributed by atoms with Gasteiger partial charge in [-0.25, -0.2) is 9.97 Å². The zero-order chi connectivity index (χ0) is 27.6. The molecule has 0 saturated carbocycles. The number of anilines is 1. The van der Waals surface area contributed by atoms with E-state index in [1.54, 1.807) is 18.6 Å². The number of nitrogens with zero attached hydrogens (tertiary/aromatic N) is 5. The predicted molar refractivity (Wildman–Crippen MR) is 145 cm³/mol. The van der Waals surface area contributed by atoms with Crippen molar-refractivity contribution >= 4 is 22.8 Å². The van der Waals surface area contributed by atoms with Crippen molar-refractivity contribution in [2.24, 2.45) is 0 Å². The molecule has 10 heteroatoms. The summed E-state index contributed by atoms with van der Waals surface area (Å²) in [6, 6.07) is 13.2. The standard InChI is InChI=1S/C29H31F3N6O/c1-3-36-9-11-37(12-10-36)18-21-14-23(29(30,31)32)17-24(15-21)35-27(39)16-22-6-7-25(13-20(22)2)38-19-34-26-5-4-8-33-28(26)38/h4-8,13-15,17,19H,3,9-12,16,18H2,1-2H3,(H,35,39). The number of nitrogens with one attached hydrogen (secondary N) is 1. The van der Waals surface area contributed by atoms with Crippen LogP contribution >= 0.6 is 0 Å². The highest BCUT2D eigenvalue weighted by Gasteiger charge is 2.31. The Labute approximate surface area is 225 Å². The molecule has 2 aromatic carbocycles. The van der Waals surface area contributed by atoms with Gasteiger partial charge in [0.2, 0.25) is 5.91 Å². The van der Waals surface area contributed by atoms with Gasteiger partial charge in [-0.3, -0.25) is 14.3 Å². The first-order valence-electron chi connectivity index (χ1n) is 13.0. The van der Waals surface area contributed by atoms with E-state index in [-0.39, 0.29) is 18.0 Å². The molecule has 39 heavy (non-hydrogen) atoms. The number of imidazole rings is 1. The number of hydrogen-bond donors (Lipinski definition) is 1. The predicted octanol–water partition coefficient (Wildman–Crippen LogP) is 5.07. The summed E-state index contributed by atoms with van der Waals surface area (Å²) in [5.74, 6) is -0.373. The zero-order valence-electron chi connectivity index (χ0n) is 22.0. The Hall–Kier alpha value is -3.76. The molecule has 0 bridgehead atoms. The van der Waals surface area contributed by atoms with Crippen LogP contribution in [-0.4, -0.2) is 63.0 Å². The summed E-state index contributed by atoms with van der Waals surface area (Å²) < 4.78 is 42.9. The van der Waals surface area contributed by atoms with E-state index in [2.05, 4.69) is 32.0 Å². The van der Waals surface area contributed by atoms with Crippen molar-refractivity contribution < 1.29 is 18.0 Å². The number of likely N-dealkylation sites (N-methyl/N-ethyl adjacent to an activating group) is 1. The van der Waals surface area contributed by atoms with Crippen LogP contribution in [0.4, 0.5) is 18.9 Å². The minimum Gasteiger partial charge on any atom is -0.326 e. The summed E-state index contributed by atoms with van der Waals surface area (Å²) in [7, 11) is 0. The van der Waals surface area contributed by atoms with Crippen LogP contribution in [0.1, 0.15) is 29.2 Å². The molecule has 0 radical (unpaired) electrons. The number of fused-ring (bicyclic) bond motifs is 1. The molecule has 0 unspecified atom stereocenters. The van der Waals surface area contributed by atoms with Crippen molar-refractivity contribution in [2.75, 3.05) is 38.0 Å². The topological polar surface area (TPSA) is 66.3 Å². The summed E-state index contributed by atoms with van der Waals surface area (Å²) in [5, 5.41) is 2.70. The van der Waals surface area contributed by atoms with Crippen LogP contribution in [0, 0.1) is 6.92 Å². The van der Waals surface area contributed by atoms with Crippen molar-refractivity contribution in [3.8, 4) is 5.69 Å². The number of hydrogen-bond acceptors (Lipinski definition) is 5. The Morgan fingerprint density at radius 2 is 1.77 bits per heavy atom. The lowest BCUT2D eigenvalue weighted by molar-refractivity contribution is -0.137. The van der Waals surface area contributed by atoms with Crippen molar-refractivity contribution in [3.05, 3.63) is 83.3 Å². The van der Waals surface area contributed by atoms with E-state index < -0.39 is 11.7 Å². The Morgan fingerprint density at radius 3 is 2.49 bits per heavy atom. The fourth-order valence-electron chi connectivity index (χ4n) is 4.99. The number of amides is 1. The summed E-state index contributed by atoms with van der Waals surface area (Å²) in [4.78, 5) is 26.1. The molecule has 0 atom stereocenters. The Morgan fingerprint density at radius 1 is 1.00 bits per heavy atom. The van der Waals surface area contributed by atoms with Crippen molar-refractivity contribution in [3.63, 3.8) is 0 Å². The van der Waals surface area contributed by atoms with Gasteiger partial charge in [0.05, 0.1) is 12.0 Å². The normalized spacial score (nSPS) is 15.1. The van der Waals surface area contributed by atoms with Gasteiger partial charge in [-0.2, -0.15) is 13.2 Å². The third-order valence-corrected chi connectivity index (χ3v) is 7.18.